The SMILES string of the molecule is CC(C)(CNC(=O)N[C@@H]1CCOc2ccccc21)N1CCc2ccccc2C1. The first-order valence-electron chi connectivity index (χ1n) is 10.1. The predicted molar refractivity (Wildman–Crippen MR) is 110 cm³/mol. The average Bonchev–Trinajstić information content (AvgIpc) is 2.72. The number of para-hydroxylation sites is 1. The molecule has 2 aliphatic rings. The second-order valence-electron chi connectivity index (χ2n) is 8.31. The van der Waals surface area contributed by atoms with Crippen molar-refractivity contribution in [2.45, 2.75) is 44.8 Å². The molecule has 0 fully saturated rings. The van der Waals surface area contributed by atoms with Crippen LogP contribution in [0, 0.1) is 0 Å². The molecular weight excluding hydrogens is 350 g/mol. The first kappa shape index (κ1) is 18.8. The zero-order valence-corrected chi connectivity index (χ0v) is 16.7. The predicted octanol–water partition coefficient (Wildman–Crippen LogP) is 3.65. The molecule has 0 radical (unpaired) electrons. The topological polar surface area (TPSA) is 53.6 Å². The van der Waals surface area contributed by atoms with Crippen molar-refractivity contribution in [1.82, 2.24) is 15.5 Å². The molecule has 2 N–H and O–H groups in total. The molecule has 5 nitrogen and oxygen atoms in total. The number of carbonyl (C=O) groups excluding carboxylic acids is 1. The van der Waals surface area contributed by atoms with Crippen molar-refractivity contribution in [1.29, 1.82) is 0 Å². The van der Waals surface area contributed by atoms with E-state index >= 15 is 0 Å². The van der Waals surface area contributed by atoms with Crippen LogP contribution in [-0.2, 0) is 13.0 Å². The van der Waals surface area contributed by atoms with Gasteiger partial charge in [0.15, 0.2) is 0 Å². The quantitative estimate of drug-likeness (QED) is 0.853. The van der Waals surface area contributed by atoms with Crippen LogP contribution in [0.2, 0.25) is 0 Å². The first-order valence-corrected chi connectivity index (χ1v) is 10.1. The summed E-state index contributed by atoms with van der Waals surface area (Å²) in [5.74, 6) is 0.867. The summed E-state index contributed by atoms with van der Waals surface area (Å²) >= 11 is 0. The lowest BCUT2D eigenvalue weighted by atomic mass is 9.94. The Morgan fingerprint density at radius 2 is 1.89 bits per heavy atom. The molecule has 0 saturated heterocycles. The Hall–Kier alpha value is -2.53. The smallest absolute Gasteiger partial charge is 0.315 e. The average molecular weight is 380 g/mol. The van der Waals surface area contributed by atoms with E-state index in [0.717, 1.165) is 37.2 Å². The van der Waals surface area contributed by atoms with Crippen molar-refractivity contribution in [2.24, 2.45) is 0 Å². The first-order chi connectivity index (χ1) is 13.5. The lowest BCUT2D eigenvalue weighted by Gasteiger charge is -2.41. The minimum Gasteiger partial charge on any atom is -0.493 e. The van der Waals surface area contributed by atoms with Crippen molar-refractivity contribution in [3.63, 3.8) is 0 Å². The molecule has 1 atom stereocenters. The van der Waals surface area contributed by atoms with E-state index < -0.39 is 0 Å². The van der Waals surface area contributed by atoms with Crippen molar-refractivity contribution >= 4 is 6.03 Å². The third-order valence-electron chi connectivity index (χ3n) is 5.93. The number of hydrogen-bond donors (Lipinski definition) is 2. The van der Waals surface area contributed by atoms with E-state index in [1.807, 2.05) is 24.3 Å². The summed E-state index contributed by atoms with van der Waals surface area (Å²) in [6.45, 7) is 7.57. The maximum absolute atomic E-state index is 12.6. The van der Waals surface area contributed by atoms with E-state index in [9.17, 15) is 4.79 Å². The molecule has 4 rings (SSSR count). The van der Waals surface area contributed by atoms with E-state index in [2.05, 4.69) is 53.6 Å². The van der Waals surface area contributed by atoms with Gasteiger partial charge in [-0.1, -0.05) is 42.5 Å². The van der Waals surface area contributed by atoms with Crippen LogP contribution in [0.15, 0.2) is 48.5 Å². The second kappa shape index (κ2) is 7.84. The highest BCUT2D eigenvalue weighted by Crippen LogP contribution is 2.31. The molecule has 5 heteroatoms. The fraction of sp³-hybridized carbons (Fsp3) is 0.435. The van der Waals surface area contributed by atoms with Crippen LogP contribution in [0.1, 0.15) is 43.0 Å². The van der Waals surface area contributed by atoms with E-state index in [0.29, 0.717) is 13.2 Å². The molecule has 0 spiro atoms. The lowest BCUT2D eigenvalue weighted by Crippen LogP contribution is -2.54. The molecule has 0 bridgehead atoms. The largest absolute Gasteiger partial charge is 0.493 e. The summed E-state index contributed by atoms with van der Waals surface area (Å²) in [6, 6.07) is 16.4. The Bertz CT molecular complexity index is 849. The fourth-order valence-electron chi connectivity index (χ4n) is 4.12. The number of rotatable bonds is 4. The molecule has 2 heterocycles. The number of amides is 2. The van der Waals surface area contributed by atoms with Gasteiger partial charge in [-0.05, 0) is 37.5 Å². The summed E-state index contributed by atoms with van der Waals surface area (Å²) in [5, 5.41) is 6.21. The Kier molecular flexibility index (Phi) is 5.27. The number of fused-ring (bicyclic) bond motifs is 2. The van der Waals surface area contributed by atoms with Gasteiger partial charge in [0.2, 0.25) is 0 Å². The molecule has 0 aromatic heterocycles. The van der Waals surface area contributed by atoms with Crippen molar-refractivity contribution < 1.29 is 9.53 Å². The van der Waals surface area contributed by atoms with Gasteiger partial charge in [0.05, 0.1) is 12.6 Å². The van der Waals surface area contributed by atoms with Crippen LogP contribution in [0.4, 0.5) is 4.79 Å². The Labute approximate surface area is 167 Å². The molecule has 2 amide bonds. The number of nitrogens with zero attached hydrogens (tertiary/aromatic N) is 1. The monoisotopic (exact) mass is 379 g/mol. The zero-order valence-electron chi connectivity index (χ0n) is 16.7. The van der Waals surface area contributed by atoms with Gasteiger partial charge in [-0.15, -0.1) is 0 Å². The Morgan fingerprint density at radius 3 is 2.75 bits per heavy atom. The van der Waals surface area contributed by atoms with Crippen LogP contribution in [0.3, 0.4) is 0 Å². The number of carbonyl (C=O) groups is 1. The van der Waals surface area contributed by atoms with Gasteiger partial charge in [-0.2, -0.15) is 0 Å². The molecule has 2 aromatic carbocycles. The fourth-order valence-corrected chi connectivity index (χ4v) is 4.12. The number of nitrogens with one attached hydrogen (secondary N) is 2. The van der Waals surface area contributed by atoms with Gasteiger partial charge in [0.25, 0.3) is 0 Å². The van der Waals surface area contributed by atoms with Crippen molar-refractivity contribution in [3.05, 3.63) is 65.2 Å². The number of benzene rings is 2. The van der Waals surface area contributed by atoms with Crippen LogP contribution in [-0.4, -0.2) is 36.2 Å². The summed E-state index contributed by atoms with van der Waals surface area (Å²) < 4.78 is 5.68. The second-order valence-corrected chi connectivity index (χ2v) is 8.31. The molecular formula is C23H29N3O2. The van der Waals surface area contributed by atoms with Crippen LogP contribution in [0.25, 0.3) is 0 Å². The maximum Gasteiger partial charge on any atom is 0.315 e. The molecule has 2 aliphatic heterocycles. The van der Waals surface area contributed by atoms with Crippen molar-refractivity contribution in [3.8, 4) is 5.75 Å². The van der Waals surface area contributed by atoms with E-state index in [-0.39, 0.29) is 17.6 Å². The number of ether oxygens (including phenoxy) is 1. The molecule has 0 aliphatic carbocycles. The molecule has 148 valence electrons. The Balaban J connectivity index is 1.33. The highest BCUT2D eigenvalue weighted by molar-refractivity contribution is 5.74. The number of hydrogen-bond acceptors (Lipinski definition) is 3. The summed E-state index contributed by atoms with van der Waals surface area (Å²) in [4.78, 5) is 15.0. The van der Waals surface area contributed by atoms with Gasteiger partial charge in [-0.25, -0.2) is 4.79 Å². The van der Waals surface area contributed by atoms with Crippen LogP contribution >= 0.6 is 0 Å². The minimum atomic E-state index is -0.118. The summed E-state index contributed by atoms with van der Waals surface area (Å²) in [7, 11) is 0. The minimum absolute atomic E-state index is 0.00470. The summed E-state index contributed by atoms with van der Waals surface area (Å²) in [5.41, 5.74) is 3.78. The van der Waals surface area contributed by atoms with Crippen LogP contribution in [0.5, 0.6) is 5.75 Å². The van der Waals surface area contributed by atoms with Gasteiger partial charge < -0.3 is 15.4 Å². The molecule has 0 saturated carbocycles. The molecule has 28 heavy (non-hydrogen) atoms. The normalized spacial score (nSPS) is 19.1. The highest BCUT2D eigenvalue weighted by Gasteiger charge is 2.30. The van der Waals surface area contributed by atoms with Gasteiger partial charge in [0.1, 0.15) is 5.75 Å². The third kappa shape index (κ3) is 3.99. The lowest BCUT2D eigenvalue weighted by molar-refractivity contribution is 0.104. The van der Waals surface area contributed by atoms with E-state index in [1.165, 1.54) is 11.1 Å². The van der Waals surface area contributed by atoms with Crippen LogP contribution < -0.4 is 15.4 Å². The van der Waals surface area contributed by atoms with Gasteiger partial charge in [-0.3, -0.25) is 4.90 Å². The molecule has 0 unspecified atom stereocenters. The molecule has 2 aromatic rings. The van der Waals surface area contributed by atoms with E-state index in [1.54, 1.807) is 0 Å². The number of urea groups is 1. The Morgan fingerprint density at radius 1 is 1.14 bits per heavy atom. The maximum atomic E-state index is 12.6. The van der Waals surface area contributed by atoms with E-state index in [4.69, 9.17) is 4.74 Å². The van der Waals surface area contributed by atoms with Gasteiger partial charge >= 0.3 is 6.03 Å². The standard InChI is InChI=1S/C23H29N3O2/c1-23(2,26-13-11-17-7-3-4-8-18(17)15-26)16-24-22(27)25-20-12-14-28-21-10-6-5-9-19(20)21/h3-10,20H,11-16H2,1-2H3,(H2,24,25,27)/t20-/m1/s1. The third-order valence-corrected chi connectivity index (χ3v) is 5.93. The summed E-state index contributed by atoms with van der Waals surface area (Å²) in [6.07, 6.45) is 1.85. The van der Waals surface area contributed by atoms with Crippen molar-refractivity contribution in [2.75, 3.05) is 19.7 Å². The highest BCUT2D eigenvalue weighted by atomic mass is 16.5. The zero-order chi connectivity index (χ0) is 19.6. The van der Waals surface area contributed by atoms with Gasteiger partial charge in [0, 0.05) is 37.2 Å².